The minimum Gasteiger partial charge on any atom is -0.383 e. The SMILES string of the molecule is CN(C)CCCNS(=O)(=O)/C=C/c1ccc(OS(C)(=O)=O)cc1. The van der Waals surface area contributed by atoms with Gasteiger partial charge in [0.05, 0.1) is 6.26 Å². The number of hydrogen-bond donors (Lipinski definition) is 1. The maximum atomic E-state index is 11.8. The molecule has 0 aliphatic carbocycles. The number of rotatable bonds is 9. The van der Waals surface area contributed by atoms with Gasteiger partial charge in [0, 0.05) is 12.0 Å². The van der Waals surface area contributed by atoms with Crippen molar-refractivity contribution >= 4 is 26.2 Å². The van der Waals surface area contributed by atoms with Crippen LogP contribution in [0.15, 0.2) is 29.7 Å². The van der Waals surface area contributed by atoms with Gasteiger partial charge in [-0.05, 0) is 50.8 Å². The zero-order valence-corrected chi connectivity index (χ0v) is 15.0. The summed E-state index contributed by atoms with van der Waals surface area (Å²) in [6.45, 7) is 1.17. The topological polar surface area (TPSA) is 92.8 Å². The zero-order valence-electron chi connectivity index (χ0n) is 13.4. The first-order valence-corrected chi connectivity index (χ1v) is 10.3. The highest BCUT2D eigenvalue weighted by Crippen LogP contribution is 2.15. The van der Waals surface area contributed by atoms with Crippen LogP contribution in [-0.4, -0.2) is 55.2 Å². The molecule has 1 aromatic carbocycles. The first kappa shape index (κ1) is 19.6. The number of nitrogens with one attached hydrogen (secondary N) is 1. The molecule has 7 nitrogen and oxygen atoms in total. The van der Waals surface area contributed by atoms with Crippen LogP contribution in [-0.2, 0) is 20.1 Å². The molecule has 0 heterocycles. The highest BCUT2D eigenvalue weighted by molar-refractivity contribution is 7.92. The summed E-state index contributed by atoms with van der Waals surface area (Å²) in [6, 6.07) is 6.05. The molecule has 0 fully saturated rings. The Labute approximate surface area is 138 Å². The van der Waals surface area contributed by atoms with E-state index in [0.717, 1.165) is 24.6 Å². The highest BCUT2D eigenvalue weighted by atomic mass is 32.2. The third-order valence-electron chi connectivity index (χ3n) is 2.65. The van der Waals surface area contributed by atoms with Crippen LogP contribution in [0.2, 0.25) is 0 Å². The van der Waals surface area contributed by atoms with Gasteiger partial charge in [0.1, 0.15) is 5.75 Å². The molecular weight excluding hydrogens is 340 g/mol. The Bertz CT molecular complexity index is 723. The van der Waals surface area contributed by atoms with E-state index in [2.05, 4.69) is 4.72 Å². The first-order chi connectivity index (χ1) is 10.6. The van der Waals surface area contributed by atoms with Crippen molar-refractivity contribution < 1.29 is 21.0 Å². The molecular formula is C14H22N2O5S2. The average molecular weight is 362 g/mol. The quantitative estimate of drug-likeness (QED) is 0.517. The monoisotopic (exact) mass is 362 g/mol. The lowest BCUT2D eigenvalue weighted by Crippen LogP contribution is -2.25. The van der Waals surface area contributed by atoms with Gasteiger partial charge in [-0.2, -0.15) is 8.42 Å². The van der Waals surface area contributed by atoms with Crippen LogP contribution in [0.1, 0.15) is 12.0 Å². The first-order valence-electron chi connectivity index (χ1n) is 6.89. The molecule has 9 heteroatoms. The Morgan fingerprint density at radius 2 is 1.74 bits per heavy atom. The third kappa shape index (κ3) is 9.34. The van der Waals surface area contributed by atoms with E-state index in [9.17, 15) is 16.8 Å². The van der Waals surface area contributed by atoms with E-state index in [1.807, 2.05) is 19.0 Å². The van der Waals surface area contributed by atoms with Crippen LogP contribution in [0.5, 0.6) is 5.75 Å². The van der Waals surface area contributed by atoms with E-state index < -0.39 is 20.1 Å². The summed E-state index contributed by atoms with van der Waals surface area (Å²) in [5, 5.41) is 1.08. The highest BCUT2D eigenvalue weighted by Gasteiger charge is 2.05. The molecule has 0 saturated heterocycles. The normalized spacial score (nSPS) is 12.9. The van der Waals surface area contributed by atoms with E-state index >= 15 is 0 Å². The number of nitrogens with zero attached hydrogens (tertiary/aromatic N) is 1. The van der Waals surface area contributed by atoms with Gasteiger partial charge in [-0.25, -0.2) is 13.1 Å². The number of sulfonamides is 1. The van der Waals surface area contributed by atoms with Gasteiger partial charge in [0.15, 0.2) is 0 Å². The molecule has 0 saturated carbocycles. The maximum Gasteiger partial charge on any atom is 0.306 e. The minimum atomic E-state index is -3.57. The van der Waals surface area contributed by atoms with Gasteiger partial charge in [0.2, 0.25) is 10.0 Å². The van der Waals surface area contributed by atoms with Crippen molar-refractivity contribution in [3.05, 3.63) is 35.2 Å². The Morgan fingerprint density at radius 1 is 1.13 bits per heavy atom. The summed E-state index contributed by atoms with van der Waals surface area (Å²) >= 11 is 0. The van der Waals surface area contributed by atoms with Crippen LogP contribution in [0.3, 0.4) is 0 Å². The van der Waals surface area contributed by atoms with E-state index in [1.165, 1.54) is 18.2 Å². The Kier molecular flexibility index (Phi) is 7.20. The van der Waals surface area contributed by atoms with Crippen molar-refractivity contribution in [3.8, 4) is 5.75 Å². The summed E-state index contributed by atoms with van der Waals surface area (Å²) in [7, 11) is -3.22. The van der Waals surface area contributed by atoms with Crippen molar-refractivity contribution in [2.24, 2.45) is 0 Å². The molecule has 0 amide bonds. The van der Waals surface area contributed by atoms with Crippen molar-refractivity contribution in [1.29, 1.82) is 0 Å². The van der Waals surface area contributed by atoms with Crippen molar-refractivity contribution in [2.45, 2.75) is 6.42 Å². The maximum absolute atomic E-state index is 11.8. The summed E-state index contributed by atoms with van der Waals surface area (Å²) in [6.07, 6.45) is 3.10. The predicted octanol–water partition coefficient (Wildman–Crippen LogP) is 0.867. The average Bonchev–Trinajstić information content (AvgIpc) is 2.41. The van der Waals surface area contributed by atoms with Crippen LogP contribution in [0, 0.1) is 0 Å². The van der Waals surface area contributed by atoms with E-state index in [4.69, 9.17) is 4.18 Å². The van der Waals surface area contributed by atoms with Gasteiger partial charge in [-0.1, -0.05) is 12.1 Å². The Morgan fingerprint density at radius 3 is 2.26 bits per heavy atom. The lowest BCUT2D eigenvalue weighted by atomic mass is 10.2. The lowest BCUT2D eigenvalue weighted by Gasteiger charge is -2.08. The molecule has 1 rings (SSSR count). The molecule has 1 N–H and O–H groups in total. The lowest BCUT2D eigenvalue weighted by molar-refractivity contribution is 0.400. The third-order valence-corrected chi connectivity index (χ3v) is 4.25. The fourth-order valence-corrected chi connectivity index (χ4v) is 2.96. The standard InChI is InChI=1S/C14H22N2O5S2/c1-16(2)11-4-10-15-23(19,20)12-9-13-5-7-14(8-6-13)21-22(3,17)18/h5-9,12,15H,4,10-11H2,1-3H3/b12-9+. The van der Waals surface area contributed by atoms with Crippen molar-refractivity contribution in [1.82, 2.24) is 9.62 Å². The molecule has 0 radical (unpaired) electrons. The van der Waals surface area contributed by atoms with Gasteiger partial charge in [-0.15, -0.1) is 0 Å². The molecule has 0 bridgehead atoms. The second-order valence-electron chi connectivity index (χ2n) is 5.26. The fraction of sp³-hybridized carbons (Fsp3) is 0.429. The largest absolute Gasteiger partial charge is 0.383 e. The predicted molar refractivity (Wildman–Crippen MR) is 91.0 cm³/mol. The summed E-state index contributed by atoms with van der Waals surface area (Å²) in [5.41, 5.74) is 0.615. The van der Waals surface area contributed by atoms with Crippen molar-refractivity contribution in [2.75, 3.05) is 33.4 Å². The van der Waals surface area contributed by atoms with Crippen LogP contribution >= 0.6 is 0 Å². The van der Waals surface area contributed by atoms with Crippen LogP contribution in [0.25, 0.3) is 6.08 Å². The van der Waals surface area contributed by atoms with Gasteiger partial charge < -0.3 is 9.08 Å². The van der Waals surface area contributed by atoms with Gasteiger partial charge >= 0.3 is 10.1 Å². The van der Waals surface area contributed by atoms with Crippen molar-refractivity contribution in [3.63, 3.8) is 0 Å². The molecule has 0 spiro atoms. The Hall–Kier alpha value is -1.42. The van der Waals surface area contributed by atoms with Gasteiger partial charge in [0.25, 0.3) is 0 Å². The van der Waals surface area contributed by atoms with E-state index in [-0.39, 0.29) is 5.75 Å². The zero-order chi connectivity index (χ0) is 17.5. The molecule has 0 aliphatic heterocycles. The summed E-state index contributed by atoms with van der Waals surface area (Å²) in [4.78, 5) is 1.98. The molecule has 130 valence electrons. The van der Waals surface area contributed by atoms with Crippen LogP contribution in [0.4, 0.5) is 0 Å². The fourth-order valence-electron chi connectivity index (χ4n) is 1.64. The van der Waals surface area contributed by atoms with E-state index in [0.29, 0.717) is 12.1 Å². The summed E-state index contributed by atoms with van der Waals surface area (Å²) in [5.74, 6) is 0.175. The van der Waals surface area contributed by atoms with Gasteiger partial charge in [-0.3, -0.25) is 0 Å². The Balaban J connectivity index is 2.58. The second-order valence-corrected chi connectivity index (χ2v) is 8.48. The minimum absolute atomic E-state index is 0.175. The van der Waals surface area contributed by atoms with Crippen LogP contribution < -0.4 is 8.91 Å². The smallest absolute Gasteiger partial charge is 0.306 e. The summed E-state index contributed by atoms with van der Waals surface area (Å²) < 4.78 is 52.7. The molecule has 23 heavy (non-hydrogen) atoms. The number of hydrogen-bond acceptors (Lipinski definition) is 6. The number of benzene rings is 1. The van der Waals surface area contributed by atoms with E-state index in [1.54, 1.807) is 12.1 Å². The second kappa shape index (κ2) is 8.44. The molecule has 0 atom stereocenters. The molecule has 0 aromatic heterocycles. The molecule has 0 aliphatic rings. The molecule has 1 aromatic rings. The molecule has 0 unspecified atom stereocenters.